The van der Waals surface area contributed by atoms with Gasteiger partial charge in [-0.15, -0.1) is 0 Å². The third-order valence-corrected chi connectivity index (χ3v) is 3.72. The van der Waals surface area contributed by atoms with E-state index >= 15 is 0 Å². The van der Waals surface area contributed by atoms with Crippen LogP contribution in [0.3, 0.4) is 0 Å². The molecule has 0 spiro atoms. The summed E-state index contributed by atoms with van der Waals surface area (Å²) in [6, 6.07) is 9.80. The van der Waals surface area contributed by atoms with Crippen molar-refractivity contribution in [2.45, 2.75) is 0 Å². The number of rotatable bonds is 2. The van der Waals surface area contributed by atoms with E-state index < -0.39 is 5.97 Å². The summed E-state index contributed by atoms with van der Waals surface area (Å²) >= 11 is 21.0. The lowest BCUT2D eigenvalue weighted by atomic mass is 10.2. The van der Waals surface area contributed by atoms with Crippen LogP contribution in [-0.2, 0) is 0 Å². The molecule has 0 heterocycles. The van der Waals surface area contributed by atoms with E-state index in [9.17, 15) is 4.79 Å². The molecule has 19 heavy (non-hydrogen) atoms. The first-order valence-corrected chi connectivity index (χ1v) is 7.03. The van der Waals surface area contributed by atoms with Crippen molar-refractivity contribution in [2.24, 2.45) is 0 Å². The molecule has 0 saturated heterocycles. The molecule has 2 aromatic carbocycles. The van der Waals surface area contributed by atoms with E-state index in [-0.39, 0.29) is 15.8 Å². The zero-order chi connectivity index (χ0) is 14.0. The maximum Gasteiger partial charge on any atom is 0.344 e. The molecule has 0 bridgehead atoms. The Kier molecular flexibility index (Phi) is 4.74. The SMILES string of the molecule is O=C(Oc1c(Cl)cc(Cl)cc1Cl)c1ccccc1Br. The first-order chi connectivity index (χ1) is 8.99. The predicted octanol–water partition coefficient (Wildman–Crippen LogP) is 5.63. The van der Waals surface area contributed by atoms with Crippen molar-refractivity contribution in [3.05, 3.63) is 61.5 Å². The molecular weight excluding hydrogens is 374 g/mol. The maximum absolute atomic E-state index is 12.0. The Balaban J connectivity index is 2.32. The lowest BCUT2D eigenvalue weighted by Crippen LogP contribution is -2.09. The van der Waals surface area contributed by atoms with Gasteiger partial charge >= 0.3 is 5.97 Å². The average Bonchev–Trinajstić information content (AvgIpc) is 2.34. The van der Waals surface area contributed by atoms with E-state index in [0.29, 0.717) is 15.1 Å². The van der Waals surface area contributed by atoms with Crippen LogP contribution in [0.15, 0.2) is 40.9 Å². The summed E-state index contributed by atoms with van der Waals surface area (Å²) < 4.78 is 5.83. The highest BCUT2D eigenvalue weighted by atomic mass is 79.9. The molecule has 0 aliphatic rings. The molecule has 0 radical (unpaired) electrons. The minimum Gasteiger partial charge on any atom is -0.420 e. The van der Waals surface area contributed by atoms with Crippen molar-refractivity contribution < 1.29 is 9.53 Å². The minimum atomic E-state index is -0.557. The summed E-state index contributed by atoms with van der Waals surface area (Å²) in [5.74, 6) is -0.466. The van der Waals surface area contributed by atoms with Crippen LogP contribution in [0.2, 0.25) is 15.1 Å². The molecule has 2 rings (SSSR count). The highest BCUT2D eigenvalue weighted by Gasteiger charge is 2.16. The fourth-order valence-electron chi connectivity index (χ4n) is 1.40. The molecule has 2 nitrogen and oxygen atoms in total. The number of esters is 1. The summed E-state index contributed by atoms with van der Waals surface area (Å²) in [6.45, 7) is 0. The summed E-state index contributed by atoms with van der Waals surface area (Å²) in [6.07, 6.45) is 0. The Morgan fingerprint density at radius 3 is 2.21 bits per heavy atom. The summed E-state index contributed by atoms with van der Waals surface area (Å²) in [7, 11) is 0. The Labute approximate surface area is 133 Å². The van der Waals surface area contributed by atoms with Crippen molar-refractivity contribution in [1.29, 1.82) is 0 Å². The van der Waals surface area contributed by atoms with Gasteiger partial charge in [0, 0.05) is 9.50 Å². The second-order valence-corrected chi connectivity index (χ2v) is 5.67. The smallest absolute Gasteiger partial charge is 0.344 e. The van der Waals surface area contributed by atoms with Crippen molar-refractivity contribution in [1.82, 2.24) is 0 Å². The van der Waals surface area contributed by atoms with Gasteiger partial charge in [-0.25, -0.2) is 4.79 Å². The molecule has 0 aliphatic carbocycles. The number of hydrogen-bond acceptors (Lipinski definition) is 2. The van der Waals surface area contributed by atoms with Crippen LogP contribution < -0.4 is 4.74 Å². The molecule has 0 atom stereocenters. The normalized spacial score (nSPS) is 10.3. The van der Waals surface area contributed by atoms with Gasteiger partial charge in [-0.2, -0.15) is 0 Å². The molecule has 0 aliphatic heterocycles. The maximum atomic E-state index is 12.0. The number of benzene rings is 2. The van der Waals surface area contributed by atoms with Crippen molar-refractivity contribution >= 4 is 56.7 Å². The molecule has 0 amide bonds. The number of carbonyl (C=O) groups is 1. The molecule has 98 valence electrons. The van der Waals surface area contributed by atoms with Crippen LogP contribution in [0.4, 0.5) is 0 Å². The Morgan fingerprint density at radius 1 is 1.05 bits per heavy atom. The summed E-state index contributed by atoms with van der Waals surface area (Å²) in [5.41, 5.74) is 0.379. The highest BCUT2D eigenvalue weighted by Crippen LogP contribution is 2.36. The topological polar surface area (TPSA) is 26.3 Å². The van der Waals surface area contributed by atoms with Gasteiger partial charge in [0.1, 0.15) is 0 Å². The quantitative estimate of drug-likeness (QED) is 0.499. The largest absolute Gasteiger partial charge is 0.420 e. The number of ether oxygens (including phenoxy) is 1. The van der Waals surface area contributed by atoms with Gasteiger partial charge in [0.05, 0.1) is 15.6 Å². The van der Waals surface area contributed by atoms with Crippen LogP contribution in [-0.4, -0.2) is 5.97 Å². The van der Waals surface area contributed by atoms with Crippen molar-refractivity contribution in [3.8, 4) is 5.75 Å². The van der Waals surface area contributed by atoms with E-state index in [1.165, 1.54) is 12.1 Å². The average molecular weight is 380 g/mol. The minimum absolute atomic E-state index is 0.0912. The van der Waals surface area contributed by atoms with E-state index in [2.05, 4.69) is 15.9 Å². The van der Waals surface area contributed by atoms with Gasteiger partial charge in [-0.05, 0) is 40.2 Å². The lowest BCUT2D eigenvalue weighted by molar-refractivity contribution is 0.0734. The number of hydrogen-bond donors (Lipinski definition) is 0. The Bertz CT molecular complexity index is 621. The molecule has 0 aromatic heterocycles. The first kappa shape index (κ1) is 14.7. The van der Waals surface area contributed by atoms with E-state index in [1.54, 1.807) is 24.3 Å². The fourth-order valence-corrected chi connectivity index (χ4v) is 2.74. The van der Waals surface area contributed by atoms with Gasteiger partial charge in [-0.3, -0.25) is 0 Å². The standard InChI is InChI=1S/C13H6BrCl3O2/c14-9-4-2-1-3-8(9)13(18)19-12-10(16)5-7(15)6-11(12)17/h1-6H. The van der Waals surface area contributed by atoms with Gasteiger partial charge in [0.2, 0.25) is 0 Å². The highest BCUT2D eigenvalue weighted by molar-refractivity contribution is 9.10. The first-order valence-electron chi connectivity index (χ1n) is 5.10. The van der Waals surface area contributed by atoms with Gasteiger partial charge < -0.3 is 4.74 Å². The summed E-state index contributed by atoms with van der Waals surface area (Å²) in [5, 5.41) is 0.728. The van der Waals surface area contributed by atoms with Gasteiger partial charge in [0.15, 0.2) is 5.75 Å². The molecule has 0 fully saturated rings. The molecule has 0 unspecified atom stereocenters. The molecular formula is C13H6BrCl3O2. The van der Waals surface area contributed by atoms with Crippen LogP contribution in [0.5, 0.6) is 5.75 Å². The molecule has 6 heteroatoms. The van der Waals surface area contributed by atoms with Crippen molar-refractivity contribution in [3.63, 3.8) is 0 Å². The third kappa shape index (κ3) is 3.42. The third-order valence-electron chi connectivity index (χ3n) is 2.25. The van der Waals surface area contributed by atoms with Crippen LogP contribution >= 0.6 is 50.7 Å². The monoisotopic (exact) mass is 378 g/mol. The Hall–Kier alpha value is -0.740. The van der Waals surface area contributed by atoms with E-state index in [1.807, 2.05) is 0 Å². The summed E-state index contributed by atoms with van der Waals surface area (Å²) in [4.78, 5) is 12.0. The second kappa shape index (κ2) is 6.14. The Morgan fingerprint density at radius 2 is 1.63 bits per heavy atom. The van der Waals surface area contributed by atoms with Crippen LogP contribution in [0, 0.1) is 0 Å². The molecule has 2 aromatic rings. The molecule has 0 N–H and O–H groups in total. The van der Waals surface area contributed by atoms with Crippen LogP contribution in [0.1, 0.15) is 10.4 Å². The zero-order valence-electron chi connectivity index (χ0n) is 9.29. The van der Waals surface area contributed by atoms with Gasteiger partial charge in [-0.1, -0.05) is 46.9 Å². The second-order valence-electron chi connectivity index (χ2n) is 3.57. The van der Waals surface area contributed by atoms with Crippen LogP contribution in [0.25, 0.3) is 0 Å². The number of halogens is 4. The number of carbonyl (C=O) groups excluding carboxylic acids is 1. The molecule has 0 saturated carbocycles. The zero-order valence-corrected chi connectivity index (χ0v) is 13.1. The van der Waals surface area contributed by atoms with E-state index in [0.717, 1.165) is 0 Å². The van der Waals surface area contributed by atoms with E-state index in [4.69, 9.17) is 39.5 Å². The fraction of sp³-hybridized carbons (Fsp3) is 0. The van der Waals surface area contributed by atoms with Crippen molar-refractivity contribution in [2.75, 3.05) is 0 Å². The predicted molar refractivity (Wildman–Crippen MR) is 80.6 cm³/mol. The van der Waals surface area contributed by atoms with Gasteiger partial charge in [0.25, 0.3) is 0 Å². The lowest BCUT2D eigenvalue weighted by Gasteiger charge is -2.09.